The molecule has 0 aliphatic carbocycles. The highest BCUT2D eigenvalue weighted by Crippen LogP contribution is 2.21. The van der Waals surface area contributed by atoms with E-state index in [4.69, 9.17) is 13.3 Å². The van der Waals surface area contributed by atoms with Crippen molar-refractivity contribution in [3.8, 4) is 0 Å². The molecule has 0 bridgehead atoms. The molecule has 2 N–H and O–H groups in total. The van der Waals surface area contributed by atoms with Crippen molar-refractivity contribution in [1.82, 2.24) is 4.90 Å². The van der Waals surface area contributed by atoms with E-state index < -0.39 is 21.0 Å². The summed E-state index contributed by atoms with van der Waals surface area (Å²) in [5.74, 6) is 0. The van der Waals surface area contributed by atoms with Gasteiger partial charge < -0.3 is 23.5 Å². The molecule has 0 aliphatic heterocycles. The molecule has 6 nitrogen and oxygen atoms in total. The lowest BCUT2D eigenvalue weighted by Crippen LogP contribution is -2.63. The summed E-state index contributed by atoms with van der Waals surface area (Å²) < 4.78 is 16.6. The molecular formula is C12H29NO5Si. The Hall–Kier alpha value is -0.0231. The molecule has 0 aromatic carbocycles. The zero-order chi connectivity index (χ0) is 15.1. The molecule has 0 radical (unpaired) electrons. The highest BCUT2D eigenvalue weighted by Gasteiger charge is 2.49. The minimum Gasteiger partial charge on any atom is -0.392 e. The van der Waals surface area contributed by atoms with E-state index in [2.05, 4.69) is 0 Å². The van der Waals surface area contributed by atoms with Gasteiger partial charge in [0, 0.05) is 34.4 Å². The Morgan fingerprint density at radius 1 is 0.947 bits per heavy atom. The zero-order valence-corrected chi connectivity index (χ0v) is 13.9. The summed E-state index contributed by atoms with van der Waals surface area (Å²) in [6.45, 7) is 6.33. The quantitative estimate of drug-likeness (QED) is 0.563. The molecule has 116 valence electrons. The zero-order valence-electron chi connectivity index (χ0n) is 12.9. The highest BCUT2D eigenvalue weighted by atomic mass is 28.4. The van der Waals surface area contributed by atoms with Crippen LogP contribution in [-0.2, 0) is 13.3 Å². The Morgan fingerprint density at radius 2 is 1.32 bits per heavy atom. The van der Waals surface area contributed by atoms with Crippen LogP contribution in [0.3, 0.4) is 0 Å². The van der Waals surface area contributed by atoms with Crippen molar-refractivity contribution in [1.29, 1.82) is 0 Å². The molecule has 3 atom stereocenters. The Morgan fingerprint density at radius 3 is 1.53 bits per heavy atom. The molecule has 0 heterocycles. The van der Waals surface area contributed by atoms with Crippen molar-refractivity contribution in [2.45, 2.75) is 45.1 Å². The number of rotatable bonds is 10. The molecule has 0 aromatic heterocycles. The van der Waals surface area contributed by atoms with Gasteiger partial charge in [0.15, 0.2) is 0 Å². The summed E-state index contributed by atoms with van der Waals surface area (Å²) in [4.78, 5) is 1.98. The standard InChI is InChI=1S/C12H29NO5Si/c1-7-12(19(16-4,17-5)18-6)13(8-10(2)14)9-11(3)15/h10-12,14-15H,7-9H2,1-6H3. The van der Waals surface area contributed by atoms with Crippen LogP contribution >= 0.6 is 0 Å². The fourth-order valence-corrected chi connectivity index (χ4v) is 4.87. The predicted octanol–water partition coefficient (Wildman–Crippen LogP) is 0.246. The van der Waals surface area contributed by atoms with Gasteiger partial charge in [-0.25, -0.2) is 0 Å². The number of aliphatic hydroxyl groups excluding tert-OH is 2. The minimum atomic E-state index is -2.84. The van der Waals surface area contributed by atoms with Gasteiger partial charge in [-0.2, -0.15) is 0 Å². The second kappa shape index (κ2) is 9.01. The smallest absolute Gasteiger partial charge is 0.392 e. The average Bonchev–Trinajstić information content (AvgIpc) is 2.34. The van der Waals surface area contributed by atoms with E-state index in [0.29, 0.717) is 13.1 Å². The molecule has 0 amide bonds. The third-order valence-corrected chi connectivity index (χ3v) is 6.38. The van der Waals surface area contributed by atoms with E-state index in [1.54, 1.807) is 35.2 Å². The van der Waals surface area contributed by atoms with Gasteiger partial charge >= 0.3 is 8.80 Å². The molecular weight excluding hydrogens is 266 g/mol. The van der Waals surface area contributed by atoms with Crippen molar-refractivity contribution < 1.29 is 23.5 Å². The average molecular weight is 295 g/mol. The van der Waals surface area contributed by atoms with Crippen molar-refractivity contribution in [3.05, 3.63) is 0 Å². The third-order valence-electron chi connectivity index (χ3n) is 3.09. The first-order valence-corrected chi connectivity index (χ1v) is 8.42. The van der Waals surface area contributed by atoms with E-state index in [1.807, 2.05) is 11.8 Å². The highest BCUT2D eigenvalue weighted by molar-refractivity contribution is 6.62. The summed E-state index contributed by atoms with van der Waals surface area (Å²) in [5.41, 5.74) is -0.100. The van der Waals surface area contributed by atoms with Gasteiger partial charge in [0.1, 0.15) is 0 Å². The SMILES string of the molecule is CCC(N(CC(C)O)CC(C)O)[Si](OC)(OC)OC. The van der Waals surface area contributed by atoms with Crippen molar-refractivity contribution in [2.24, 2.45) is 0 Å². The summed E-state index contributed by atoms with van der Waals surface area (Å²) >= 11 is 0. The lowest BCUT2D eigenvalue weighted by Gasteiger charge is -2.40. The molecule has 0 saturated carbocycles. The molecule has 19 heavy (non-hydrogen) atoms. The van der Waals surface area contributed by atoms with Crippen LogP contribution in [-0.4, -0.2) is 76.2 Å². The molecule has 0 saturated heterocycles. The van der Waals surface area contributed by atoms with Crippen LogP contribution in [0.2, 0.25) is 0 Å². The molecule has 0 rings (SSSR count). The van der Waals surface area contributed by atoms with Gasteiger partial charge in [0.05, 0.1) is 17.9 Å². The van der Waals surface area contributed by atoms with Gasteiger partial charge in [-0.1, -0.05) is 6.92 Å². The maximum absolute atomic E-state index is 9.63. The van der Waals surface area contributed by atoms with E-state index >= 15 is 0 Å². The fraction of sp³-hybridized carbons (Fsp3) is 1.00. The van der Waals surface area contributed by atoms with Crippen LogP contribution in [0.15, 0.2) is 0 Å². The molecule has 0 fully saturated rings. The second-order valence-corrected chi connectivity index (χ2v) is 7.89. The van der Waals surface area contributed by atoms with Gasteiger partial charge in [0.2, 0.25) is 0 Å². The summed E-state index contributed by atoms with van der Waals surface area (Å²) in [5, 5.41) is 19.3. The third kappa shape index (κ3) is 5.47. The maximum Gasteiger partial charge on any atom is 0.518 e. The first-order valence-electron chi connectivity index (χ1n) is 6.62. The van der Waals surface area contributed by atoms with Gasteiger partial charge in [-0.15, -0.1) is 0 Å². The summed E-state index contributed by atoms with van der Waals surface area (Å²) in [6.07, 6.45) is -0.239. The number of aliphatic hydroxyl groups is 2. The van der Waals surface area contributed by atoms with E-state index in [1.165, 1.54) is 0 Å². The fourth-order valence-electron chi connectivity index (χ4n) is 2.40. The monoisotopic (exact) mass is 295 g/mol. The molecule has 3 unspecified atom stereocenters. The lowest BCUT2D eigenvalue weighted by atomic mass is 10.3. The molecule has 0 aliphatic rings. The Balaban J connectivity index is 5.18. The van der Waals surface area contributed by atoms with Crippen molar-refractivity contribution >= 4 is 8.80 Å². The van der Waals surface area contributed by atoms with Crippen LogP contribution in [0.1, 0.15) is 27.2 Å². The largest absolute Gasteiger partial charge is 0.518 e. The van der Waals surface area contributed by atoms with Crippen LogP contribution in [0.25, 0.3) is 0 Å². The summed E-state index contributed by atoms with van der Waals surface area (Å²) in [7, 11) is 1.88. The maximum atomic E-state index is 9.63. The van der Waals surface area contributed by atoms with Gasteiger partial charge in [0.25, 0.3) is 0 Å². The van der Waals surface area contributed by atoms with Crippen LogP contribution in [0.4, 0.5) is 0 Å². The van der Waals surface area contributed by atoms with Crippen LogP contribution < -0.4 is 0 Å². The second-order valence-electron chi connectivity index (χ2n) is 4.79. The molecule has 7 heteroatoms. The number of nitrogens with zero attached hydrogens (tertiary/aromatic N) is 1. The first-order chi connectivity index (χ1) is 8.86. The minimum absolute atomic E-state index is 0.100. The predicted molar refractivity (Wildman–Crippen MR) is 75.8 cm³/mol. The van der Waals surface area contributed by atoms with Crippen LogP contribution in [0, 0.1) is 0 Å². The lowest BCUT2D eigenvalue weighted by molar-refractivity contribution is 0.0313. The Labute approximate surface area is 117 Å². The molecule has 0 aromatic rings. The molecule has 0 spiro atoms. The Bertz CT molecular complexity index is 218. The number of hydrogen-bond donors (Lipinski definition) is 2. The van der Waals surface area contributed by atoms with E-state index in [0.717, 1.165) is 6.42 Å². The normalized spacial score (nSPS) is 17.5. The van der Waals surface area contributed by atoms with Gasteiger partial charge in [-0.3, -0.25) is 4.90 Å². The van der Waals surface area contributed by atoms with Crippen molar-refractivity contribution in [3.63, 3.8) is 0 Å². The summed E-state index contributed by atoms with van der Waals surface area (Å²) in [6, 6.07) is 0. The van der Waals surface area contributed by atoms with Crippen LogP contribution in [0.5, 0.6) is 0 Å². The van der Waals surface area contributed by atoms with Gasteiger partial charge in [-0.05, 0) is 20.3 Å². The van der Waals surface area contributed by atoms with Crippen molar-refractivity contribution in [2.75, 3.05) is 34.4 Å². The number of hydrogen-bond acceptors (Lipinski definition) is 6. The van der Waals surface area contributed by atoms with E-state index in [-0.39, 0.29) is 5.67 Å². The topological polar surface area (TPSA) is 71.4 Å². The van der Waals surface area contributed by atoms with E-state index in [9.17, 15) is 10.2 Å². The first kappa shape index (κ1) is 19.0. The Kier molecular flexibility index (Phi) is 9.00.